The molecule has 1 aliphatic carbocycles. The molecule has 1 saturated heterocycles. The molecular formula is C23H26FN3O2. The highest BCUT2D eigenvalue weighted by Gasteiger charge is 2.41. The second-order valence-electron chi connectivity index (χ2n) is 8.00. The maximum absolute atomic E-state index is 13.5. The second kappa shape index (κ2) is 8.31. The van der Waals surface area contributed by atoms with Gasteiger partial charge < -0.3 is 9.80 Å². The van der Waals surface area contributed by atoms with Crippen molar-refractivity contribution in [2.24, 2.45) is 5.92 Å². The summed E-state index contributed by atoms with van der Waals surface area (Å²) in [5, 5.41) is 0. The molecule has 2 atom stereocenters. The Balaban J connectivity index is 1.48. The maximum Gasteiger partial charge on any atom is 0.253 e. The molecule has 0 N–H and O–H groups in total. The average Bonchev–Trinajstić information content (AvgIpc) is 3.59. The van der Waals surface area contributed by atoms with Crippen LogP contribution in [0.2, 0.25) is 0 Å². The molecule has 2 amide bonds. The van der Waals surface area contributed by atoms with Crippen molar-refractivity contribution < 1.29 is 14.0 Å². The van der Waals surface area contributed by atoms with Gasteiger partial charge in [0.2, 0.25) is 5.91 Å². The van der Waals surface area contributed by atoms with Crippen LogP contribution in [0, 0.1) is 11.7 Å². The molecule has 152 valence electrons. The Hall–Kier alpha value is -2.76. The lowest BCUT2D eigenvalue weighted by Crippen LogP contribution is -2.48. The minimum Gasteiger partial charge on any atom is -0.338 e. The third-order valence-corrected chi connectivity index (χ3v) is 5.88. The van der Waals surface area contributed by atoms with Crippen LogP contribution in [0.4, 0.5) is 4.39 Å². The predicted molar refractivity (Wildman–Crippen MR) is 108 cm³/mol. The van der Waals surface area contributed by atoms with Crippen molar-refractivity contribution in [3.8, 4) is 0 Å². The van der Waals surface area contributed by atoms with Gasteiger partial charge in [0.1, 0.15) is 5.82 Å². The van der Waals surface area contributed by atoms with Crippen LogP contribution in [0.3, 0.4) is 0 Å². The van der Waals surface area contributed by atoms with Crippen LogP contribution in [-0.2, 0) is 4.79 Å². The van der Waals surface area contributed by atoms with E-state index in [1.165, 1.54) is 24.3 Å². The lowest BCUT2D eigenvalue weighted by molar-refractivity contribution is -0.140. The second-order valence-corrected chi connectivity index (χ2v) is 8.00. The monoisotopic (exact) mass is 395 g/mol. The van der Waals surface area contributed by atoms with Gasteiger partial charge in [0.05, 0.1) is 17.7 Å². The number of pyridine rings is 1. The van der Waals surface area contributed by atoms with Crippen LogP contribution in [-0.4, -0.2) is 45.7 Å². The summed E-state index contributed by atoms with van der Waals surface area (Å²) >= 11 is 0. The summed E-state index contributed by atoms with van der Waals surface area (Å²) < 4.78 is 13.2. The topological polar surface area (TPSA) is 53.5 Å². The Morgan fingerprint density at radius 3 is 2.55 bits per heavy atom. The number of benzene rings is 1. The van der Waals surface area contributed by atoms with Gasteiger partial charge in [0.15, 0.2) is 0 Å². The molecule has 2 unspecified atom stereocenters. The van der Waals surface area contributed by atoms with E-state index < -0.39 is 0 Å². The number of hydrogen-bond donors (Lipinski definition) is 0. The van der Waals surface area contributed by atoms with Gasteiger partial charge in [-0.05, 0) is 69.0 Å². The number of hydrogen-bond acceptors (Lipinski definition) is 3. The van der Waals surface area contributed by atoms with E-state index in [9.17, 15) is 14.0 Å². The molecule has 1 aromatic heterocycles. The molecular weight excluding hydrogens is 369 g/mol. The Labute approximate surface area is 170 Å². The lowest BCUT2D eigenvalue weighted by atomic mass is 9.94. The zero-order valence-electron chi connectivity index (χ0n) is 16.6. The van der Waals surface area contributed by atoms with Gasteiger partial charge in [-0.15, -0.1) is 0 Å². The number of likely N-dealkylation sites (tertiary alicyclic amines) is 1. The van der Waals surface area contributed by atoms with E-state index in [1.807, 2.05) is 30.0 Å². The third kappa shape index (κ3) is 4.31. The minimum atomic E-state index is -0.364. The van der Waals surface area contributed by atoms with E-state index in [1.54, 1.807) is 11.1 Å². The van der Waals surface area contributed by atoms with E-state index in [-0.39, 0.29) is 35.6 Å². The van der Waals surface area contributed by atoms with E-state index in [0.717, 1.165) is 31.4 Å². The zero-order valence-corrected chi connectivity index (χ0v) is 16.6. The van der Waals surface area contributed by atoms with Gasteiger partial charge in [-0.2, -0.15) is 0 Å². The summed E-state index contributed by atoms with van der Waals surface area (Å²) in [6, 6.07) is 11.6. The minimum absolute atomic E-state index is 0.0839. The van der Waals surface area contributed by atoms with Crippen molar-refractivity contribution in [1.29, 1.82) is 0 Å². The van der Waals surface area contributed by atoms with E-state index in [0.29, 0.717) is 18.7 Å². The highest BCUT2D eigenvalue weighted by atomic mass is 19.1. The number of aromatic nitrogens is 1. The molecule has 1 aliphatic heterocycles. The molecule has 6 heteroatoms. The predicted octanol–water partition coefficient (Wildman–Crippen LogP) is 3.83. The number of nitrogens with zero attached hydrogens (tertiary/aromatic N) is 3. The Morgan fingerprint density at radius 2 is 1.90 bits per heavy atom. The average molecular weight is 395 g/mol. The van der Waals surface area contributed by atoms with E-state index >= 15 is 0 Å². The van der Waals surface area contributed by atoms with Crippen LogP contribution < -0.4 is 0 Å². The van der Waals surface area contributed by atoms with E-state index in [4.69, 9.17) is 0 Å². The zero-order chi connectivity index (χ0) is 20.4. The first-order valence-corrected chi connectivity index (χ1v) is 10.3. The van der Waals surface area contributed by atoms with Gasteiger partial charge >= 0.3 is 0 Å². The van der Waals surface area contributed by atoms with Crippen LogP contribution >= 0.6 is 0 Å². The molecule has 29 heavy (non-hydrogen) atoms. The largest absolute Gasteiger partial charge is 0.338 e. The summed E-state index contributed by atoms with van der Waals surface area (Å²) in [6.45, 7) is 3.06. The number of carbonyl (C=O) groups is 2. The summed E-state index contributed by atoms with van der Waals surface area (Å²) in [4.78, 5) is 34.4. The fraction of sp³-hybridized carbons (Fsp3) is 0.435. The quantitative estimate of drug-likeness (QED) is 0.773. The number of halogens is 1. The number of amides is 2. The van der Waals surface area contributed by atoms with Gasteiger partial charge in [-0.1, -0.05) is 6.07 Å². The summed E-state index contributed by atoms with van der Waals surface area (Å²) in [5.41, 5.74) is 1.35. The summed E-state index contributed by atoms with van der Waals surface area (Å²) in [6.07, 6.45) is 5.37. The Kier molecular flexibility index (Phi) is 5.60. The van der Waals surface area contributed by atoms with Crippen molar-refractivity contribution in [3.63, 3.8) is 0 Å². The van der Waals surface area contributed by atoms with Crippen molar-refractivity contribution in [3.05, 3.63) is 65.7 Å². The van der Waals surface area contributed by atoms with Crippen LogP contribution in [0.1, 0.15) is 54.7 Å². The SMILES string of the molecule is CC(c1ccccn1)N(C(=O)C1CCCN(C(=O)c2ccc(F)cc2)C1)C1CC1. The lowest BCUT2D eigenvalue weighted by Gasteiger charge is -2.37. The van der Waals surface area contributed by atoms with E-state index in [2.05, 4.69) is 4.98 Å². The van der Waals surface area contributed by atoms with Gasteiger partial charge in [0, 0.05) is 30.9 Å². The van der Waals surface area contributed by atoms with Gasteiger partial charge in [-0.25, -0.2) is 4.39 Å². The molecule has 2 fully saturated rings. The van der Waals surface area contributed by atoms with Crippen LogP contribution in [0.15, 0.2) is 48.7 Å². The Bertz CT molecular complexity index is 867. The standard InChI is InChI=1S/C23H26FN3O2/c1-16(21-6-2-3-13-25-21)27(20-11-12-20)23(29)18-5-4-14-26(15-18)22(28)17-7-9-19(24)10-8-17/h2-3,6-10,13,16,18,20H,4-5,11-12,14-15H2,1H3. The molecule has 1 saturated carbocycles. The molecule has 5 nitrogen and oxygen atoms in total. The van der Waals surface area contributed by atoms with Gasteiger partial charge in [-0.3, -0.25) is 14.6 Å². The third-order valence-electron chi connectivity index (χ3n) is 5.88. The fourth-order valence-electron chi connectivity index (χ4n) is 4.15. The normalized spacial score (nSPS) is 20.2. The molecule has 0 bridgehead atoms. The van der Waals surface area contributed by atoms with Crippen LogP contribution in [0.25, 0.3) is 0 Å². The molecule has 1 aromatic carbocycles. The summed E-state index contributed by atoms with van der Waals surface area (Å²) in [7, 11) is 0. The molecule has 2 aromatic rings. The number of piperidine rings is 1. The maximum atomic E-state index is 13.5. The van der Waals surface area contributed by atoms with Crippen molar-refractivity contribution in [2.75, 3.05) is 13.1 Å². The first-order valence-electron chi connectivity index (χ1n) is 10.3. The summed E-state index contributed by atoms with van der Waals surface area (Å²) in [5.74, 6) is -0.600. The van der Waals surface area contributed by atoms with Crippen molar-refractivity contribution >= 4 is 11.8 Å². The number of carbonyl (C=O) groups excluding carboxylic acids is 2. The Morgan fingerprint density at radius 1 is 1.14 bits per heavy atom. The smallest absolute Gasteiger partial charge is 0.253 e. The fourth-order valence-corrected chi connectivity index (χ4v) is 4.15. The first kappa shape index (κ1) is 19.6. The van der Waals surface area contributed by atoms with Crippen molar-refractivity contribution in [2.45, 2.75) is 44.7 Å². The molecule has 0 radical (unpaired) electrons. The van der Waals surface area contributed by atoms with Crippen LogP contribution in [0.5, 0.6) is 0 Å². The molecule has 2 heterocycles. The van der Waals surface area contributed by atoms with Gasteiger partial charge in [0.25, 0.3) is 5.91 Å². The highest BCUT2D eigenvalue weighted by molar-refractivity contribution is 5.94. The van der Waals surface area contributed by atoms with Crippen molar-refractivity contribution in [1.82, 2.24) is 14.8 Å². The number of rotatable bonds is 5. The molecule has 4 rings (SSSR count). The highest BCUT2D eigenvalue weighted by Crippen LogP contribution is 2.36. The molecule has 2 aliphatic rings. The first-order chi connectivity index (χ1) is 14.0. The molecule has 0 spiro atoms.